The van der Waals surface area contributed by atoms with Crippen molar-refractivity contribution in [2.24, 2.45) is 5.92 Å². The number of nitrogens with one attached hydrogen (secondary N) is 1. The first-order valence-electron chi connectivity index (χ1n) is 8.27. The maximum Gasteiger partial charge on any atom is 0.240 e. The molecule has 5 nitrogen and oxygen atoms in total. The minimum Gasteiger partial charge on any atom is -0.354 e. The lowest BCUT2D eigenvalue weighted by molar-refractivity contribution is -0.119. The number of sulfonamides is 1. The van der Waals surface area contributed by atoms with Gasteiger partial charge in [-0.1, -0.05) is 55.1 Å². The average molecular weight is 419 g/mol. The normalized spacial score (nSPS) is 12.7. The number of unbranched alkanes of at least 4 members (excludes halogenated alkanes) is 1. The number of nitrogens with zero attached hydrogens (tertiary/aromatic N) is 1. The molecule has 1 aromatic carbocycles. The number of hydrogen-bond donors (Lipinski definition) is 1. The van der Waals surface area contributed by atoms with E-state index in [-0.39, 0.29) is 12.5 Å². The molecule has 1 rings (SSSR count). The second-order valence-corrected chi connectivity index (χ2v) is 8.79. The summed E-state index contributed by atoms with van der Waals surface area (Å²) in [5.74, 6) is 0.154. The van der Waals surface area contributed by atoms with Gasteiger partial charge in [0, 0.05) is 11.0 Å². The third kappa shape index (κ3) is 7.21. The molecule has 0 saturated carbocycles. The molecule has 1 atom stereocenters. The van der Waals surface area contributed by atoms with Gasteiger partial charge in [-0.3, -0.25) is 9.10 Å². The molecule has 1 aromatic rings. The molecule has 1 amide bonds. The van der Waals surface area contributed by atoms with Gasteiger partial charge in [0.15, 0.2) is 0 Å². The molecule has 0 radical (unpaired) electrons. The van der Waals surface area contributed by atoms with E-state index in [0.29, 0.717) is 18.2 Å². The Morgan fingerprint density at radius 2 is 2.04 bits per heavy atom. The number of benzene rings is 1. The lowest BCUT2D eigenvalue weighted by Gasteiger charge is -2.23. The van der Waals surface area contributed by atoms with Gasteiger partial charge in [-0.05, 0) is 30.5 Å². The van der Waals surface area contributed by atoms with E-state index in [0.717, 1.165) is 40.7 Å². The van der Waals surface area contributed by atoms with Gasteiger partial charge < -0.3 is 5.32 Å². The summed E-state index contributed by atoms with van der Waals surface area (Å²) in [7, 11) is -3.54. The Balaban J connectivity index is 2.72. The van der Waals surface area contributed by atoms with E-state index < -0.39 is 10.0 Å². The summed E-state index contributed by atoms with van der Waals surface area (Å²) in [6.07, 6.45) is 5.46. The molecule has 0 bridgehead atoms. The molecular formula is C17H27BrN2O3S. The highest BCUT2D eigenvalue weighted by Gasteiger charge is 2.21. The standard InChI is InChI=1S/C17H27BrN2O3S/c1-4-6-8-14(5-2)12-19-17(21)13-20(24(3,22)23)16-10-7-9-15(18)11-16/h7,9-11,14H,4-6,8,12-13H2,1-3H3,(H,19,21). The molecule has 24 heavy (non-hydrogen) atoms. The molecule has 0 heterocycles. The Kier molecular flexibility index (Phi) is 8.76. The van der Waals surface area contributed by atoms with Crippen LogP contribution in [0.25, 0.3) is 0 Å². The summed E-state index contributed by atoms with van der Waals surface area (Å²) < 4.78 is 26.0. The van der Waals surface area contributed by atoms with Crippen molar-refractivity contribution in [2.45, 2.75) is 39.5 Å². The Morgan fingerprint density at radius 3 is 2.58 bits per heavy atom. The van der Waals surface area contributed by atoms with Crippen molar-refractivity contribution < 1.29 is 13.2 Å². The number of carbonyl (C=O) groups excluding carboxylic acids is 1. The lowest BCUT2D eigenvalue weighted by atomic mass is 9.99. The molecule has 0 aliphatic carbocycles. The fourth-order valence-corrected chi connectivity index (χ4v) is 3.65. The van der Waals surface area contributed by atoms with E-state index in [4.69, 9.17) is 0 Å². The van der Waals surface area contributed by atoms with Gasteiger partial charge in [0.25, 0.3) is 0 Å². The van der Waals surface area contributed by atoms with Crippen LogP contribution in [0.3, 0.4) is 0 Å². The summed E-state index contributed by atoms with van der Waals surface area (Å²) in [5, 5.41) is 2.87. The van der Waals surface area contributed by atoms with E-state index in [1.165, 1.54) is 0 Å². The second kappa shape index (κ2) is 10.0. The Hall–Kier alpha value is -1.08. The maximum absolute atomic E-state index is 12.2. The number of halogens is 1. The van der Waals surface area contributed by atoms with E-state index in [1.54, 1.807) is 18.2 Å². The van der Waals surface area contributed by atoms with Gasteiger partial charge in [0.05, 0.1) is 11.9 Å². The summed E-state index contributed by atoms with van der Waals surface area (Å²) in [6.45, 7) is 4.63. The average Bonchev–Trinajstić information content (AvgIpc) is 2.51. The molecule has 136 valence electrons. The predicted octanol–water partition coefficient (Wildman–Crippen LogP) is 3.55. The second-order valence-electron chi connectivity index (χ2n) is 5.97. The van der Waals surface area contributed by atoms with Crippen LogP contribution in [0.4, 0.5) is 5.69 Å². The fourth-order valence-electron chi connectivity index (χ4n) is 2.42. The third-order valence-corrected chi connectivity index (χ3v) is 5.55. The third-order valence-electron chi connectivity index (χ3n) is 3.91. The minimum atomic E-state index is -3.54. The summed E-state index contributed by atoms with van der Waals surface area (Å²) in [4.78, 5) is 12.2. The SMILES string of the molecule is CCCCC(CC)CNC(=O)CN(c1cccc(Br)c1)S(C)(=O)=O. The van der Waals surface area contributed by atoms with Crippen LogP contribution in [0.5, 0.6) is 0 Å². The van der Waals surface area contributed by atoms with Gasteiger partial charge in [-0.25, -0.2) is 8.42 Å². The quantitative estimate of drug-likeness (QED) is 0.631. The zero-order chi connectivity index (χ0) is 18.2. The zero-order valence-corrected chi connectivity index (χ0v) is 17.0. The topological polar surface area (TPSA) is 66.5 Å². The molecule has 0 aromatic heterocycles. The zero-order valence-electron chi connectivity index (χ0n) is 14.6. The van der Waals surface area contributed by atoms with E-state index in [9.17, 15) is 13.2 Å². The lowest BCUT2D eigenvalue weighted by Crippen LogP contribution is -2.41. The smallest absolute Gasteiger partial charge is 0.240 e. The number of hydrogen-bond acceptors (Lipinski definition) is 3. The number of amides is 1. The van der Waals surface area contributed by atoms with Crippen LogP contribution in [0.1, 0.15) is 39.5 Å². The van der Waals surface area contributed by atoms with Crippen molar-refractivity contribution in [1.29, 1.82) is 0 Å². The first-order valence-corrected chi connectivity index (χ1v) is 10.9. The summed E-state index contributed by atoms with van der Waals surface area (Å²) in [6, 6.07) is 6.91. The van der Waals surface area contributed by atoms with Crippen LogP contribution in [0.2, 0.25) is 0 Å². The van der Waals surface area contributed by atoms with Crippen molar-refractivity contribution in [1.82, 2.24) is 5.32 Å². The Bertz CT molecular complexity index is 634. The molecule has 0 aliphatic heterocycles. The van der Waals surface area contributed by atoms with Crippen LogP contribution < -0.4 is 9.62 Å². The molecular weight excluding hydrogens is 392 g/mol. The molecule has 7 heteroatoms. The van der Waals surface area contributed by atoms with E-state index >= 15 is 0 Å². The van der Waals surface area contributed by atoms with Gasteiger partial charge >= 0.3 is 0 Å². The molecule has 0 aliphatic rings. The van der Waals surface area contributed by atoms with E-state index in [2.05, 4.69) is 35.1 Å². The van der Waals surface area contributed by atoms with Crippen LogP contribution in [0, 0.1) is 5.92 Å². The maximum atomic E-state index is 12.2. The van der Waals surface area contributed by atoms with Crippen LogP contribution in [0.15, 0.2) is 28.7 Å². The van der Waals surface area contributed by atoms with Gasteiger partial charge in [-0.2, -0.15) is 0 Å². The monoisotopic (exact) mass is 418 g/mol. The van der Waals surface area contributed by atoms with Crippen molar-refractivity contribution in [3.8, 4) is 0 Å². The summed E-state index contributed by atoms with van der Waals surface area (Å²) >= 11 is 3.32. The highest BCUT2D eigenvalue weighted by Crippen LogP contribution is 2.22. The molecule has 1 unspecified atom stereocenters. The number of carbonyl (C=O) groups is 1. The first-order chi connectivity index (χ1) is 11.3. The fraction of sp³-hybridized carbons (Fsp3) is 0.588. The van der Waals surface area contributed by atoms with Crippen molar-refractivity contribution in [3.05, 3.63) is 28.7 Å². The number of anilines is 1. The van der Waals surface area contributed by atoms with E-state index in [1.807, 2.05) is 6.07 Å². The highest BCUT2D eigenvalue weighted by molar-refractivity contribution is 9.10. The van der Waals surface area contributed by atoms with Crippen LogP contribution in [-0.4, -0.2) is 33.7 Å². The minimum absolute atomic E-state index is 0.209. The van der Waals surface area contributed by atoms with Crippen LogP contribution >= 0.6 is 15.9 Å². The van der Waals surface area contributed by atoms with Crippen molar-refractivity contribution in [2.75, 3.05) is 23.7 Å². The Labute approximate surface area is 154 Å². The predicted molar refractivity (Wildman–Crippen MR) is 103 cm³/mol. The summed E-state index contributed by atoms with van der Waals surface area (Å²) in [5.41, 5.74) is 0.472. The van der Waals surface area contributed by atoms with Gasteiger partial charge in [0.1, 0.15) is 6.54 Å². The number of rotatable bonds is 10. The largest absolute Gasteiger partial charge is 0.354 e. The molecule has 0 saturated heterocycles. The van der Waals surface area contributed by atoms with Crippen molar-refractivity contribution >= 4 is 37.5 Å². The van der Waals surface area contributed by atoms with Crippen LogP contribution in [-0.2, 0) is 14.8 Å². The molecule has 0 fully saturated rings. The van der Waals surface area contributed by atoms with Gasteiger partial charge in [0.2, 0.25) is 15.9 Å². The van der Waals surface area contributed by atoms with Gasteiger partial charge in [-0.15, -0.1) is 0 Å². The first kappa shape index (κ1) is 21.0. The Morgan fingerprint density at radius 1 is 1.33 bits per heavy atom. The van der Waals surface area contributed by atoms with Crippen molar-refractivity contribution in [3.63, 3.8) is 0 Å². The highest BCUT2D eigenvalue weighted by atomic mass is 79.9. The molecule has 1 N–H and O–H groups in total. The molecule has 0 spiro atoms.